The van der Waals surface area contributed by atoms with Crippen molar-refractivity contribution in [2.45, 2.75) is 24.3 Å². The molecule has 4 rings (SSSR count). The highest BCUT2D eigenvalue weighted by Gasteiger charge is 2.20. The fourth-order valence-corrected chi connectivity index (χ4v) is 4.81. The van der Waals surface area contributed by atoms with Gasteiger partial charge in [0.25, 0.3) is 0 Å². The number of benzene rings is 2. The molecule has 0 saturated heterocycles. The van der Waals surface area contributed by atoms with Gasteiger partial charge in [-0.25, -0.2) is 4.98 Å². The highest BCUT2D eigenvalue weighted by molar-refractivity contribution is 7.99. The number of thiazole rings is 1. The Kier molecular flexibility index (Phi) is 3.36. The van der Waals surface area contributed by atoms with Crippen molar-refractivity contribution in [3.63, 3.8) is 0 Å². The predicted octanol–water partition coefficient (Wildman–Crippen LogP) is 5.25. The molecule has 1 aromatic heterocycles. The zero-order valence-electron chi connectivity index (χ0n) is 11.8. The van der Waals surface area contributed by atoms with Gasteiger partial charge in [0, 0.05) is 16.3 Å². The number of fused-ring (bicyclic) bond motifs is 2. The van der Waals surface area contributed by atoms with Gasteiger partial charge in [-0.05, 0) is 43.2 Å². The molecule has 3 aromatic rings. The normalized spacial score (nSPS) is 17.7. The van der Waals surface area contributed by atoms with Crippen LogP contribution in [0.25, 0.3) is 10.2 Å². The maximum absolute atomic E-state index is 4.52. The minimum atomic E-state index is 0.411. The summed E-state index contributed by atoms with van der Waals surface area (Å²) in [6, 6.07) is 15.6. The van der Waals surface area contributed by atoms with E-state index in [0.717, 1.165) is 10.5 Å². The van der Waals surface area contributed by atoms with E-state index in [1.807, 2.05) is 11.8 Å². The minimum Gasteiger partial charge on any atom is -0.378 e. The van der Waals surface area contributed by atoms with Gasteiger partial charge >= 0.3 is 0 Å². The van der Waals surface area contributed by atoms with E-state index in [-0.39, 0.29) is 0 Å². The highest BCUT2D eigenvalue weighted by atomic mass is 32.2. The number of nitrogens with zero attached hydrogens (tertiary/aromatic N) is 1. The molecule has 0 spiro atoms. The highest BCUT2D eigenvalue weighted by Crippen LogP contribution is 2.38. The van der Waals surface area contributed by atoms with Crippen LogP contribution >= 0.6 is 23.1 Å². The molecule has 1 aliphatic rings. The predicted molar refractivity (Wildman–Crippen MR) is 92.5 cm³/mol. The zero-order valence-corrected chi connectivity index (χ0v) is 13.4. The summed E-state index contributed by atoms with van der Waals surface area (Å²) in [6.07, 6.45) is 1.17. The average Bonchev–Trinajstić information content (AvgIpc) is 2.87. The summed E-state index contributed by atoms with van der Waals surface area (Å²) < 4.78 is 1.26. The van der Waals surface area contributed by atoms with Crippen molar-refractivity contribution >= 4 is 39.0 Å². The molecule has 1 N–H and O–H groups in total. The van der Waals surface area contributed by atoms with Gasteiger partial charge in [-0.3, -0.25) is 0 Å². The molecule has 2 nitrogen and oxygen atoms in total. The maximum atomic E-state index is 4.52. The number of nitrogens with one attached hydrogen (secondary N) is 1. The third-order valence-electron chi connectivity index (χ3n) is 3.79. The van der Waals surface area contributed by atoms with Gasteiger partial charge in [0.15, 0.2) is 0 Å². The van der Waals surface area contributed by atoms with Crippen LogP contribution in [0.3, 0.4) is 0 Å². The fraction of sp³-hybridized carbons (Fsp3) is 0.235. The molecule has 0 saturated carbocycles. The molecule has 2 aromatic carbocycles. The summed E-state index contributed by atoms with van der Waals surface area (Å²) in [5.41, 5.74) is 3.72. The Morgan fingerprint density at radius 3 is 3.05 bits per heavy atom. The number of aromatic nitrogens is 1. The van der Waals surface area contributed by atoms with E-state index >= 15 is 0 Å². The van der Waals surface area contributed by atoms with Crippen LogP contribution in [0, 0.1) is 6.92 Å². The second-order valence-electron chi connectivity index (χ2n) is 5.29. The summed E-state index contributed by atoms with van der Waals surface area (Å²) in [6.45, 7) is 2.06. The number of rotatable bonds is 2. The lowest BCUT2D eigenvalue weighted by Crippen LogP contribution is -2.15. The lowest BCUT2D eigenvalue weighted by atomic mass is 10.0. The van der Waals surface area contributed by atoms with Crippen LogP contribution in [0.5, 0.6) is 0 Å². The number of thioether (sulfide) groups is 1. The van der Waals surface area contributed by atoms with E-state index < -0.39 is 0 Å². The SMILES string of the molecule is Cc1nc2ccc(NC3CCSc4ccccc43)cc2s1. The van der Waals surface area contributed by atoms with E-state index in [2.05, 4.69) is 59.7 Å². The standard InChI is InChI=1S/C17H16N2S2/c1-11-18-15-7-6-12(10-17(15)21-11)19-14-8-9-20-16-5-3-2-4-13(14)16/h2-7,10,14,19H,8-9H2,1H3. The molecule has 2 heterocycles. The van der Waals surface area contributed by atoms with Crippen LogP contribution in [0.1, 0.15) is 23.0 Å². The molecule has 1 aliphatic heterocycles. The Labute approximate surface area is 132 Å². The third kappa shape index (κ3) is 2.54. The molecule has 0 aliphatic carbocycles. The zero-order chi connectivity index (χ0) is 14.2. The Morgan fingerprint density at radius 2 is 2.10 bits per heavy atom. The molecule has 1 atom stereocenters. The Morgan fingerprint density at radius 1 is 1.19 bits per heavy atom. The lowest BCUT2D eigenvalue weighted by Gasteiger charge is -2.26. The van der Waals surface area contributed by atoms with Crippen molar-refractivity contribution in [3.8, 4) is 0 Å². The first-order chi connectivity index (χ1) is 10.3. The average molecular weight is 312 g/mol. The first-order valence-corrected chi connectivity index (χ1v) is 8.95. The second-order valence-corrected chi connectivity index (χ2v) is 7.66. The summed E-state index contributed by atoms with van der Waals surface area (Å²) in [7, 11) is 0. The van der Waals surface area contributed by atoms with Crippen LogP contribution in [-0.2, 0) is 0 Å². The fourth-order valence-electron chi connectivity index (χ4n) is 2.82. The topological polar surface area (TPSA) is 24.9 Å². The van der Waals surface area contributed by atoms with Gasteiger partial charge in [0.2, 0.25) is 0 Å². The van der Waals surface area contributed by atoms with E-state index in [1.54, 1.807) is 11.3 Å². The van der Waals surface area contributed by atoms with Gasteiger partial charge in [-0.1, -0.05) is 18.2 Å². The molecule has 1 unspecified atom stereocenters. The van der Waals surface area contributed by atoms with E-state index in [4.69, 9.17) is 0 Å². The van der Waals surface area contributed by atoms with Crippen LogP contribution in [-0.4, -0.2) is 10.7 Å². The largest absolute Gasteiger partial charge is 0.378 e. The second kappa shape index (κ2) is 5.35. The molecule has 21 heavy (non-hydrogen) atoms. The summed E-state index contributed by atoms with van der Waals surface area (Å²) >= 11 is 3.72. The van der Waals surface area contributed by atoms with Gasteiger partial charge < -0.3 is 5.32 Å². The number of hydrogen-bond acceptors (Lipinski definition) is 4. The van der Waals surface area contributed by atoms with Crippen LogP contribution in [0.4, 0.5) is 5.69 Å². The van der Waals surface area contributed by atoms with Crippen LogP contribution in [0.2, 0.25) is 0 Å². The molecule has 0 radical (unpaired) electrons. The van der Waals surface area contributed by atoms with Crippen molar-refractivity contribution in [3.05, 3.63) is 53.0 Å². The van der Waals surface area contributed by atoms with Gasteiger partial charge in [0.1, 0.15) is 0 Å². The van der Waals surface area contributed by atoms with Gasteiger partial charge in [-0.2, -0.15) is 0 Å². The summed E-state index contributed by atoms with van der Waals surface area (Å²) in [5.74, 6) is 1.18. The first-order valence-electron chi connectivity index (χ1n) is 7.15. The summed E-state index contributed by atoms with van der Waals surface area (Å²) in [5, 5.41) is 4.83. The van der Waals surface area contributed by atoms with Crippen molar-refractivity contribution in [1.29, 1.82) is 0 Å². The first kappa shape index (κ1) is 13.2. The molecule has 0 amide bonds. The molecule has 0 fully saturated rings. The maximum Gasteiger partial charge on any atom is 0.0907 e. The summed E-state index contributed by atoms with van der Waals surface area (Å²) in [4.78, 5) is 5.94. The molecule has 0 bridgehead atoms. The smallest absolute Gasteiger partial charge is 0.0907 e. The van der Waals surface area contributed by atoms with Gasteiger partial charge in [-0.15, -0.1) is 23.1 Å². The van der Waals surface area contributed by atoms with Crippen LogP contribution in [0.15, 0.2) is 47.4 Å². The molecular weight excluding hydrogens is 296 g/mol. The van der Waals surface area contributed by atoms with Gasteiger partial charge in [0.05, 0.1) is 21.3 Å². The molecule has 4 heteroatoms. The van der Waals surface area contributed by atoms with E-state index in [1.165, 1.54) is 33.0 Å². The monoisotopic (exact) mass is 312 g/mol. The van der Waals surface area contributed by atoms with Crippen molar-refractivity contribution < 1.29 is 0 Å². The third-order valence-corrected chi connectivity index (χ3v) is 5.85. The quantitative estimate of drug-likeness (QED) is 0.699. The van der Waals surface area contributed by atoms with Crippen molar-refractivity contribution in [2.75, 3.05) is 11.1 Å². The van der Waals surface area contributed by atoms with Crippen molar-refractivity contribution in [1.82, 2.24) is 4.98 Å². The Bertz CT molecular complexity index is 794. The molecule has 106 valence electrons. The van der Waals surface area contributed by atoms with E-state index in [0.29, 0.717) is 6.04 Å². The van der Waals surface area contributed by atoms with E-state index in [9.17, 15) is 0 Å². The number of hydrogen-bond donors (Lipinski definition) is 1. The molecular formula is C17H16N2S2. The number of anilines is 1. The van der Waals surface area contributed by atoms with Crippen LogP contribution < -0.4 is 5.32 Å². The van der Waals surface area contributed by atoms with Crippen molar-refractivity contribution in [2.24, 2.45) is 0 Å². The minimum absolute atomic E-state index is 0.411. The lowest BCUT2D eigenvalue weighted by molar-refractivity contribution is 0.729. The Hall–Kier alpha value is -1.52. The number of aryl methyl sites for hydroxylation is 1. The Balaban J connectivity index is 1.65.